The molecule has 0 amide bonds. The van der Waals surface area contributed by atoms with Crippen molar-refractivity contribution in [3.05, 3.63) is 35.9 Å². The highest BCUT2D eigenvalue weighted by Gasteiger charge is 2.57. The highest BCUT2D eigenvalue weighted by molar-refractivity contribution is 6.02. The Balaban J connectivity index is 2.57. The topological polar surface area (TPSA) is 89.9 Å². The van der Waals surface area contributed by atoms with Crippen LogP contribution in [0.3, 0.4) is 0 Å². The summed E-state index contributed by atoms with van der Waals surface area (Å²) in [5.41, 5.74) is -0.987. The highest BCUT2D eigenvalue weighted by Crippen LogP contribution is 2.46. The zero-order valence-electron chi connectivity index (χ0n) is 14.7. The molecule has 0 aromatic heterocycles. The Bertz CT molecular complexity index is 637. The standard InChI is InChI=1S/C19H24O6/c1-4-24-17(21)15-13(20)11-19(3,23)16(18(22)25-5-2)14(15)12-9-7-6-8-10-12/h6-10,14-16,23H,4-5,11H2,1-3H3/t14-,15+,16-,19-/m0/s1. The molecule has 0 unspecified atom stereocenters. The van der Waals surface area contributed by atoms with Crippen molar-refractivity contribution in [2.24, 2.45) is 11.8 Å². The van der Waals surface area contributed by atoms with Gasteiger partial charge in [0.05, 0.1) is 24.7 Å². The van der Waals surface area contributed by atoms with Crippen molar-refractivity contribution in [3.63, 3.8) is 0 Å². The van der Waals surface area contributed by atoms with Gasteiger partial charge in [-0.25, -0.2) is 0 Å². The minimum absolute atomic E-state index is 0.130. The third-order valence-corrected chi connectivity index (χ3v) is 4.53. The molecule has 0 bridgehead atoms. The first-order valence-corrected chi connectivity index (χ1v) is 8.46. The van der Waals surface area contributed by atoms with Crippen LogP contribution in [0, 0.1) is 11.8 Å². The summed E-state index contributed by atoms with van der Waals surface area (Å²) in [5.74, 6) is -4.75. The van der Waals surface area contributed by atoms with Crippen LogP contribution in [0.2, 0.25) is 0 Å². The summed E-state index contributed by atoms with van der Waals surface area (Å²) in [7, 11) is 0. The minimum atomic E-state index is -1.60. The zero-order valence-corrected chi connectivity index (χ0v) is 14.7. The van der Waals surface area contributed by atoms with E-state index in [1.54, 1.807) is 44.2 Å². The second kappa shape index (κ2) is 7.78. The summed E-state index contributed by atoms with van der Waals surface area (Å²) >= 11 is 0. The van der Waals surface area contributed by atoms with Crippen LogP contribution in [0.5, 0.6) is 0 Å². The second-order valence-corrected chi connectivity index (χ2v) is 6.40. The van der Waals surface area contributed by atoms with Crippen molar-refractivity contribution >= 4 is 17.7 Å². The summed E-state index contributed by atoms with van der Waals surface area (Å²) in [6, 6.07) is 8.78. The van der Waals surface area contributed by atoms with E-state index in [0.717, 1.165) is 0 Å². The molecule has 1 saturated carbocycles. The number of ketones is 1. The molecule has 0 radical (unpaired) electrons. The van der Waals surface area contributed by atoms with Crippen LogP contribution in [0.15, 0.2) is 30.3 Å². The van der Waals surface area contributed by atoms with Crippen LogP contribution in [-0.2, 0) is 23.9 Å². The van der Waals surface area contributed by atoms with Crippen LogP contribution < -0.4 is 0 Å². The van der Waals surface area contributed by atoms with E-state index in [1.807, 2.05) is 0 Å². The molecule has 1 fully saturated rings. The number of carbonyl (C=O) groups excluding carboxylic acids is 3. The SMILES string of the molecule is CCOC(=O)[C@@H]1C(=O)C[C@](C)(O)[C@H](C(=O)OCC)[C@H]1c1ccccc1. The fourth-order valence-corrected chi connectivity index (χ4v) is 3.55. The van der Waals surface area contributed by atoms with Gasteiger partial charge in [-0.1, -0.05) is 30.3 Å². The van der Waals surface area contributed by atoms with Gasteiger partial charge >= 0.3 is 11.9 Å². The lowest BCUT2D eigenvalue weighted by Crippen LogP contribution is -2.55. The van der Waals surface area contributed by atoms with E-state index in [2.05, 4.69) is 0 Å². The maximum absolute atomic E-state index is 12.6. The van der Waals surface area contributed by atoms with E-state index in [1.165, 1.54) is 6.92 Å². The van der Waals surface area contributed by atoms with Gasteiger partial charge in [0.2, 0.25) is 0 Å². The normalized spacial score (nSPS) is 29.1. The molecule has 0 saturated heterocycles. The third-order valence-electron chi connectivity index (χ3n) is 4.53. The van der Waals surface area contributed by atoms with Gasteiger partial charge in [-0.3, -0.25) is 14.4 Å². The lowest BCUT2D eigenvalue weighted by molar-refractivity contribution is -0.172. The van der Waals surface area contributed by atoms with Crippen LogP contribution in [0.25, 0.3) is 0 Å². The fraction of sp³-hybridized carbons (Fsp3) is 0.526. The van der Waals surface area contributed by atoms with E-state index in [0.29, 0.717) is 5.56 Å². The monoisotopic (exact) mass is 348 g/mol. The summed E-state index contributed by atoms with van der Waals surface area (Å²) in [6.45, 7) is 5.03. The van der Waals surface area contributed by atoms with Crippen molar-refractivity contribution < 1.29 is 29.0 Å². The van der Waals surface area contributed by atoms with Crippen molar-refractivity contribution in [1.29, 1.82) is 0 Å². The summed E-state index contributed by atoms with van der Waals surface area (Å²) in [5, 5.41) is 10.8. The molecule has 25 heavy (non-hydrogen) atoms. The Morgan fingerprint density at radius 2 is 1.68 bits per heavy atom. The first kappa shape index (κ1) is 19.1. The number of carbonyl (C=O) groups is 3. The van der Waals surface area contributed by atoms with Crippen LogP contribution in [-0.4, -0.2) is 41.6 Å². The van der Waals surface area contributed by atoms with Gasteiger partial charge in [0, 0.05) is 12.3 Å². The molecular formula is C19H24O6. The van der Waals surface area contributed by atoms with Crippen molar-refractivity contribution in [2.45, 2.75) is 38.7 Å². The summed E-state index contributed by atoms with van der Waals surface area (Å²) in [4.78, 5) is 37.7. The van der Waals surface area contributed by atoms with E-state index in [4.69, 9.17) is 9.47 Å². The molecule has 1 aliphatic carbocycles. The zero-order chi connectivity index (χ0) is 18.6. The Morgan fingerprint density at radius 1 is 1.12 bits per heavy atom. The molecule has 4 atom stereocenters. The molecule has 0 heterocycles. The van der Waals surface area contributed by atoms with E-state index < -0.39 is 41.1 Å². The van der Waals surface area contributed by atoms with Gasteiger partial charge in [-0.2, -0.15) is 0 Å². The average molecular weight is 348 g/mol. The molecule has 2 rings (SSSR count). The molecule has 0 aliphatic heterocycles. The van der Waals surface area contributed by atoms with Crippen LogP contribution >= 0.6 is 0 Å². The van der Waals surface area contributed by atoms with Crippen molar-refractivity contribution in [1.82, 2.24) is 0 Å². The van der Waals surface area contributed by atoms with Gasteiger partial charge in [0.15, 0.2) is 5.78 Å². The van der Waals surface area contributed by atoms with Crippen molar-refractivity contribution in [3.8, 4) is 0 Å². The van der Waals surface area contributed by atoms with Gasteiger partial charge < -0.3 is 14.6 Å². The summed E-state index contributed by atoms with van der Waals surface area (Å²) < 4.78 is 10.2. The molecule has 1 N–H and O–H groups in total. The number of ether oxygens (including phenoxy) is 2. The minimum Gasteiger partial charge on any atom is -0.466 e. The molecule has 136 valence electrons. The number of hydrogen-bond donors (Lipinski definition) is 1. The Hall–Kier alpha value is -2.21. The largest absolute Gasteiger partial charge is 0.466 e. The molecule has 1 aromatic carbocycles. The smallest absolute Gasteiger partial charge is 0.317 e. The second-order valence-electron chi connectivity index (χ2n) is 6.40. The first-order valence-electron chi connectivity index (χ1n) is 8.46. The molecule has 6 nitrogen and oxygen atoms in total. The van der Waals surface area contributed by atoms with Crippen LogP contribution in [0.1, 0.15) is 38.7 Å². The highest BCUT2D eigenvalue weighted by atomic mass is 16.5. The van der Waals surface area contributed by atoms with Gasteiger partial charge in [-0.05, 0) is 26.3 Å². The number of esters is 2. The van der Waals surface area contributed by atoms with Gasteiger partial charge in [0.1, 0.15) is 5.92 Å². The molecular weight excluding hydrogens is 324 g/mol. The Morgan fingerprint density at radius 3 is 2.24 bits per heavy atom. The summed E-state index contributed by atoms with van der Waals surface area (Å²) in [6.07, 6.45) is -0.302. The van der Waals surface area contributed by atoms with E-state index in [9.17, 15) is 19.5 Å². The Labute approximate surface area is 147 Å². The average Bonchev–Trinajstić information content (AvgIpc) is 2.54. The first-order chi connectivity index (χ1) is 11.8. The predicted molar refractivity (Wildman–Crippen MR) is 89.7 cm³/mol. The predicted octanol–water partition coefficient (Wildman–Crippen LogP) is 1.85. The van der Waals surface area contributed by atoms with Gasteiger partial charge in [-0.15, -0.1) is 0 Å². The number of rotatable bonds is 5. The van der Waals surface area contributed by atoms with Crippen molar-refractivity contribution in [2.75, 3.05) is 13.2 Å². The molecule has 6 heteroatoms. The van der Waals surface area contributed by atoms with E-state index in [-0.39, 0.29) is 19.6 Å². The lowest BCUT2D eigenvalue weighted by Gasteiger charge is -2.43. The van der Waals surface area contributed by atoms with Gasteiger partial charge in [0.25, 0.3) is 0 Å². The molecule has 1 aliphatic rings. The fourth-order valence-electron chi connectivity index (χ4n) is 3.55. The Kier molecular flexibility index (Phi) is 5.95. The number of Topliss-reactive ketones (excluding diaryl/α,β-unsaturated/α-hetero) is 1. The molecule has 0 spiro atoms. The van der Waals surface area contributed by atoms with Crippen LogP contribution in [0.4, 0.5) is 0 Å². The number of benzene rings is 1. The number of aliphatic hydroxyl groups is 1. The molecule has 1 aromatic rings. The number of hydrogen-bond acceptors (Lipinski definition) is 6. The third kappa shape index (κ3) is 3.90. The maximum Gasteiger partial charge on any atom is 0.317 e. The maximum atomic E-state index is 12.6. The van der Waals surface area contributed by atoms with E-state index >= 15 is 0 Å². The lowest BCUT2D eigenvalue weighted by atomic mass is 9.62. The quantitative estimate of drug-likeness (QED) is 0.645.